The molecule has 0 radical (unpaired) electrons. The van der Waals surface area contributed by atoms with Gasteiger partial charge in [-0.05, 0) is 39.0 Å². The summed E-state index contributed by atoms with van der Waals surface area (Å²) < 4.78 is 5.71. The van der Waals surface area contributed by atoms with Gasteiger partial charge in [0.15, 0.2) is 5.96 Å². The Morgan fingerprint density at radius 3 is 2.56 bits per heavy atom. The monoisotopic (exact) mass is 466 g/mol. The van der Waals surface area contributed by atoms with Crippen molar-refractivity contribution >= 4 is 35.8 Å². The fraction of sp³-hybridized carbons (Fsp3) is 0.889. The maximum atomic E-state index is 11.9. The van der Waals surface area contributed by atoms with Gasteiger partial charge in [0.1, 0.15) is 0 Å². The Labute approximate surface area is 169 Å². The number of likely N-dealkylation sites (tertiary alicyclic amines) is 2. The topological polar surface area (TPSA) is 57.2 Å². The van der Waals surface area contributed by atoms with Crippen LogP contribution >= 0.6 is 24.0 Å². The van der Waals surface area contributed by atoms with Gasteiger partial charge in [0.05, 0.1) is 6.10 Å². The lowest BCUT2D eigenvalue weighted by Gasteiger charge is -2.34. The van der Waals surface area contributed by atoms with E-state index < -0.39 is 0 Å². The Morgan fingerprint density at radius 1 is 1.32 bits per heavy atom. The van der Waals surface area contributed by atoms with E-state index in [0.717, 1.165) is 77.3 Å². The van der Waals surface area contributed by atoms with E-state index >= 15 is 0 Å². The number of hydrogen-bond acceptors (Lipinski definition) is 3. The second-order valence-electron chi connectivity index (χ2n) is 6.66. The van der Waals surface area contributed by atoms with Crippen molar-refractivity contribution in [2.24, 2.45) is 4.99 Å². The van der Waals surface area contributed by atoms with Gasteiger partial charge in [-0.1, -0.05) is 6.92 Å². The second-order valence-corrected chi connectivity index (χ2v) is 6.66. The van der Waals surface area contributed by atoms with E-state index in [1.54, 1.807) is 0 Å². The molecule has 0 spiro atoms. The van der Waals surface area contributed by atoms with Crippen LogP contribution in [0.4, 0.5) is 0 Å². The van der Waals surface area contributed by atoms with Crippen LogP contribution in [0, 0.1) is 0 Å². The van der Waals surface area contributed by atoms with Crippen LogP contribution in [0.25, 0.3) is 0 Å². The van der Waals surface area contributed by atoms with Crippen molar-refractivity contribution in [3.63, 3.8) is 0 Å². The Bertz CT molecular complexity index is 425. The zero-order valence-electron chi connectivity index (χ0n) is 16.0. The summed E-state index contributed by atoms with van der Waals surface area (Å²) in [7, 11) is 1.85. The van der Waals surface area contributed by atoms with Crippen molar-refractivity contribution in [1.29, 1.82) is 0 Å². The number of carbonyl (C=O) groups excluding carboxylic acids is 1. The van der Waals surface area contributed by atoms with E-state index in [4.69, 9.17) is 4.74 Å². The molecule has 0 aromatic rings. The number of halogens is 1. The van der Waals surface area contributed by atoms with E-state index in [2.05, 4.69) is 34.0 Å². The number of ether oxygens (including phenoxy) is 1. The van der Waals surface area contributed by atoms with Gasteiger partial charge in [-0.25, -0.2) is 0 Å². The first kappa shape index (κ1) is 22.5. The molecular formula is C18H35IN4O2. The number of rotatable bonds is 7. The molecule has 2 fully saturated rings. The van der Waals surface area contributed by atoms with E-state index in [0.29, 0.717) is 18.1 Å². The van der Waals surface area contributed by atoms with Gasteiger partial charge in [0.25, 0.3) is 0 Å². The first-order valence-electron chi connectivity index (χ1n) is 9.56. The van der Waals surface area contributed by atoms with Gasteiger partial charge in [0.2, 0.25) is 5.91 Å². The average molecular weight is 466 g/mol. The molecule has 2 saturated heterocycles. The number of guanidine groups is 1. The maximum Gasteiger partial charge on any atom is 0.222 e. The van der Waals surface area contributed by atoms with Crippen LogP contribution in [0.2, 0.25) is 0 Å². The summed E-state index contributed by atoms with van der Waals surface area (Å²) >= 11 is 0. The number of aliphatic imine (C=N–C) groups is 1. The zero-order chi connectivity index (χ0) is 17.4. The molecule has 25 heavy (non-hydrogen) atoms. The average Bonchev–Trinajstić information content (AvgIpc) is 3.02. The highest BCUT2D eigenvalue weighted by molar-refractivity contribution is 14.0. The molecule has 0 aliphatic carbocycles. The second kappa shape index (κ2) is 11.9. The number of nitrogens with zero attached hydrogens (tertiary/aromatic N) is 3. The van der Waals surface area contributed by atoms with Gasteiger partial charge in [-0.3, -0.25) is 9.79 Å². The van der Waals surface area contributed by atoms with Gasteiger partial charge < -0.3 is 19.9 Å². The first-order valence-corrected chi connectivity index (χ1v) is 9.56. The van der Waals surface area contributed by atoms with Crippen LogP contribution in [0.5, 0.6) is 0 Å². The molecule has 1 amide bonds. The predicted molar refractivity (Wildman–Crippen MR) is 113 cm³/mol. The molecule has 1 N–H and O–H groups in total. The minimum atomic E-state index is 0. The summed E-state index contributed by atoms with van der Waals surface area (Å²) in [5, 5.41) is 3.49. The van der Waals surface area contributed by atoms with Crippen molar-refractivity contribution < 1.29 is 9.53 Å². The molecule has 0 bridgehead atoms. The van der Waals surface area contributed by atoms with Gasteiger partial charge in [0, 0.05) is 52.3 Å². The largest absolute Gasteiger partial charge is 0.378 e. The van der Waals surface area contributed by atoms with Crippen LogP contribution < -0.4 is 5.32 Å². The summed E-state index contributed by atoms with van der Waals surface area (Å²) in [6.45, 7) is 8.80. The van der Waals surface area contributed by atoms with E-state index in [1.165, 1.54) is 0 Å². The SMILES string of the molecule is CCOC1CCN(C(=NC)NCCC(CC)N2CCCC2=O)CC1.I. The third kappa shape index (κ3) is 6.58. The standard InChI is InChI=1S/C18H34N4O2.HI/c1-4-15(22-12-6-7-17(22)23)8-11-20-18(19-3)21-13-9-16(10-14-21)24-5-2;/h15-16H,4-14H2,1-3H3,(H,19,20);1H. The number of amides is 1. The van der Waals surface area contributed by atoms with E-state index in [-0.39, 0.29) is 24.0 Å². The molecule has 0 saturated carbocycles. The Morgan fingerprint density at radius 2 is 2.04 bits per heavy atom. The minimum absolute atomic E-state index is 0. The molecule has 1 unspecified atom stereocenters. The lowest BCUT2D eigenvalue weighted by atomic mass is 10.1. The molecule has 7 heteroatoms. The van der Waals surface area contributed by atoms with Gasteiger partial charge in [-0.15, -0.1) is 24.0 Å². The third-order valence-corrected chi connectivity index (χ3v) is 5.14. The van der Waals surface area contributed by atoms with Crippen molar-refractivity contribution in [2.45, 2.75) is 64.5 Å². The van der Waals surface area contributed by atoms with Crippen LogP contribution in [-0.4, -0.2) is 73.6 Å². The van der Waals surface area contributed by atoms with Crippen LogP contribution in [0.15, 0.2) is 4.99 Å². The lowest BCUT2D eigenvalue weighted by Crippen LogP contribution is -2.48. The van der Waals surface area contributed by atoms with Crippen LogP contribution in [0.3, 0.4) is 0 Å². The molecule has 0 aromatic heterocycles. The fourth-order valence-corrected chi connectivity index (χ4v) is 3.79. The summed E-state index contributed by atoms with van der Waals surface area (Å²) in [5.74, 6) is 1.30. The number of piperidine rings is 1. The fourth-order valence-electron chi connectivity index (χ4n) is 3.79. The van der Waals surface area contributed by atoms with Gasteiger partial charge >= 0.3 is 0 Å². The summed E-state index contributed by atoms with van der Waals surface area (Å²) in [5.41, 5.74) is 0. The molecular weight excluding hydrogens is 431 g/mol. The number of nitrogens with one attached hydrogen (secondary N) is 1. The molecule has 2 heterocycles. The molecule has 0 aromatic carbocycles. The van der Waals surface area contributed by atoms with Crippen LogP contribution in [-0.2, 0) is 9.53 Å². The van der Waals surface area contributed by atoms with Crippen LogP contribution in [0.1, 0.15) is 52.4 Å². The predicted octanol–water partition coefficient (Wildman–Crippen LogP) is 2.47. The van der Waals surface area contributed by atoms with Crippen molar-refractivity contribution in [3.05, 3.63) is 0 Å². The van der Waals surface area contributed by atoms with Gasteiger partial charge in [-0.2, -0.15) is 0 Å². The maximum absolute atomic E-state index is 11.9. The number of carbonyl (C=O) groups is 1. The molecule has 2 rings (SSSR count). The Kier molecular flexibility index (Phi) is 10.7. The smallest absolute Gasteiger partial charge is 0.222 e. The highest BCUT2D eigenvalue weighted by atomic mass is 127. The number of hydrogen-bond donors (Lipinski definition) is 1. The molecule has 2 aliphatic heterocycles. The van der Waals surface area contributed by atoms with Crippen molar-refractivity contribution in [1.82, 2.24) is 15.1 Å². The van der Waals surface area contributed by atoms with E-state index in [1.807, 2.05) is 7.05 Å². The minimum Gasteiger partial charge on any atom is -0.378 e. The lowest BCUT2D eigenvalue weighted by molar-refractivity contribution is -0.129. The zero-order valence-corrected chi connectivity index (χ0v) is 18.3. The van der Waals surface area contributed by atoms with E-state index in [9.17, 15) is 4.79 Å². The molecule has 6 nitrogen and oxygen atoms in total. The summed E-state index contributed by atoms with van der Waals surface area (Å²) in [4.78, 5) is 20.7. The molecule has 146 valence electrons. The van der Waals surface area contributed by atoms with Crippen molar-refractivity contribution in [3.8, 4) is 0 Å². The quantitative estimate of drug-likeness (QED) is 0.356. The molecule has 2 aliphatic rings. The Balaban J connectivity index is 0.00000312. The summed E-state index contributed by atoms with van der Waals surface area (Å²) in [6, 6.07) is 0.356. The van der Waals surface area contributed by atoms with Crippen molar-refractivity contribution in [2.75, 3.05) is 39.8 Å². The first-order chi connectivity index (χ1) is 11.7. The highest BCUT2D eigenvalue weighted by Crippen LogP contribution is 2.18. The molecule has 1 atom stereocenters. The third-order valence-electron chi connectivity index (χ3n) is 5.14. The highest BCUT2D eigenvalue weighted by Gasteiger charge is 2.27. The summed E-state index contributed by atoms with van der Waals surface area (Å²) in [6.07, 6.45) is 6.26. The Hall–Kier alpha value is -0.570. The normalized spacial score (nSPS) is 20.6.